The lowest BCUT2D eigenvalue weighted by Gasteiger charge is -2.52. The number of phenolic OH excluding ortho intramolecular Hbond substituents is 1. The number of hydrogen-bond donors (Lipinski definition) is 3. The first-order valence-electron chi connectivity index (χ1n) is 13.6. The van der Waals surface area contributed by atoms with E-state index in [0.717, 1.165) is 39.0 Å². The van der Waals surface area contributed by atoms with E-state index in [-0.39, 0.29) is 5.75 Å². The van der Waals surface area contributed by atoms with Gasteiger partial charge in [-0.25, -0.2) is 14.8 Å². The van der Waals surface area contributed by atoms with E-state index in [0.29, 0.717) is 24.1 Å². The number of phenols is 1. The monoisotopic (exact) mass is 551 g/mol. The van der Waals surface area contributed by atoms with E-state index in [9.17, 15) is 15.0 Å². The van der Waals surface area contributed by atoms with Gasteiger partial charge in [0.15, 0.2) is 11.3 Å². The number of amides is 1. The molecule has 3 aromatic heterocycles. The van der Waals surface area contributed by atoms with Crippen LogP contribution in [0.4, 0.5) is 4.79 Å². The standard InChI is InChI=1S/C32H33N5O4/c1-19-14-26-33-16-22-15-25(20-8-12-24(38)13-9-20)27(34-28(22)37(26)36-19)21-6-10-23(11-7-21)32(17-31(5,40)18-32)35-29(39)41-30(2,3)4/h6-16,38,40H,17-18H2,1-5H3,(H,35,39). The van der Waals surface area contributed by atoms with Crippen molar-refractivity contribution in [3.63, 3.8) is 0 Å². The van der Waals surface area contributed by atoms with Crippen LogP contribution in [-0.2, 0) is 10.3 Å². The van der Waals surface area contributed by atoms with Crippen molar-refractivity contribution in [2.24, 2.45) is 0 Å². The first-order valence-corrected chi connectivity index (χ1v) is 13.6. The highest BCUT2D eigenvalue weighted by Gasteiger charge is 2.53. The van der Waals surface area contributed by atoms with Crippen LogP contribution in [0.5, 0.6) is 5.75 Å². The number of aliphatic hydroxyl groups is 1. The fourth-order valence-electron chi connectivity index (χ4n) is 5.79. The van der Waals surface area contributed by atoms with Gasteiger partial charge in [-0.3, -0.25) is 0 Å². The molecule has 6 rings (SSSR count). The van der Waals surface area contributed by atoms with Crippen molar-refractivity contribution in [3.8, 4) is 28.1 Å². The molecule has 0 aliphatic heterocycles. The van der Waals surface area contributed by atoms with Gasteiger partial charge in [-0.1, -0.05) is 36.4 Å². The lowest BCUT2D eigenvalue weighted by atomic mass is 9.62. The molecule has 0 radical (unpaired) electrons. The Kier molecular flexibility index (Phi) is 6.04. The Labute approximate surface area is 237 Å². The molecular formula is C32H33N5O4. The van der Waals surface area contributed by atoms with Gasteiger partial charge in [0.05, 0.1) is 22.5 Å². The van der Waals surface area contributed by atoms with E-state index in [2.05, 4.69) is 15.4 Å². The molecule has 1 fully saturated rings. The van der Waals surface area contributed by atoms with Crippen LogP contribution in [0, 0.1) is 6.92 Å². The van der Waals surface area contributed by atoms with E-state index >= 15 is 0 Å². The van der Waals surface area contributed by atoms with Gasteiger partial charge >= 0.3 is 6.09 Å². The number of aromatic nitrogens is 4. The number of alkyl carbamates (subject to hydrolysis) is 1. The predicted molar refractivity (Wildman–Crippen MR) is 156 cm³/mol. The summed E-state index contributed by atoms with van der Waals surface area (Å²) in [6, 6.07) is 18.9. The van der Waals surface area contributed by atoms with Gasteiger partial charge in [-0.15, -0.1) is 0 Å². The minimum absolute atomic E-state index is 0.183. The Morgan fingerprint density at radius 1 is 1.02 bits per heavy atom. The molecule has 0 saturated heterocycles. The number of fused-ring (bicyclic) bond motifs is 3. The molecule has 3 N–H and O–H groups in total. The number of aromatic hydroxyl groups is 1. The highest BCUT2D eigenvalue weighted by Crippen LogP contribution is 2.48. The van der Waals surface area contributed by atoms with Crippen molar-refractivity contribution in [1.29, 1.82) is 0 Å². The smallest absolute Gasteiger partial charge is 0.408 e. The predicted octanol–water partition coefficient (Wildman–Crippen LogP) is 5.89. The molecule has 0 bridgehead atoms. The van der Waals surface area contributed by atoms with Crippen molar-refractivity contribution >= 4 is 22.8 Å². The molecule has 41 heavy (non-hydrogen) atoms. The van der Waals surface area contributed by atoms with Crippen LogP contribution < -0.4 is 5.32 Å². The van der Waals surface area contributed by atoms with Crippen molar-refractivity contribution in [1.82, 2.24) is 24.9 Å². The summed E-state index contributed by atoms with van der Waals surface area (Å²) in [6.45, 7) is 9.15. The van der Waals surface area contributed by atoms with Gasteiger partial charge in [-0.2, -0.15) is 9.61 Å². The molecule has 1 amide bonds. The minimum Gasteiger partial charge on any atom is -0.508 e. The first kappa shape index (κ1) is 26.7. The largest absolute Gasteiger partial charge is 0.508 e. The SMILES string of the molecule is Cc1cc2ncc3cc(-c4ccc(O)cc4)c(-c4ccc(C5(NC(=O)OC(C)(C)C)CC(C)(O)C5)cc4)nc3n2n1. The van der Waals surface area contributed by atoms with Crippen molar-refractivity contribution in [2.75, 3.05) is 0 Å². The van der Waals surface area contributed by atoms with Crippen LogP contribution in [0.1, 0.15) is 51.8 Å². The second-order valence-electron chi connectivity index (χ2n) is 12.3. The maximum absolute atomic E-state index is 12.7. The minimum atomic E-state index is -0.888. The van der Waals surface area contributed by atoms with E-state index in [4.69, 9.17) is 9.72 Å². The molecule has 0 atom stereocenters. The van der Waals surface area contributed by atoms with Gasteiger partial charge in [0.2, 0.25) is 0 Å². The van der Waals surface area contributed by atoms with E-state index in [1.165, 1.54) is 0 Å². The molecule has 5 aromatic rings. The first-order chi connectivity index (χ1) is 19.3. The number of pyridine rings is 1. The third kappa shape index (κ3) is 5.09. The molecule has 9 heteroatoms. The fraction of sp³-hybridized carbons (Fsp3) is 0.312. The van der Waals surface area contributed by atoms with E-state index in [1.54, 1.807) is 29.8 Å². The molecular weight excluding hydrogens is 518 g/mol. The number of hydrogen-bond acceptors (Lipinski definition) is 7. The number of ether oxygens (including phenoxy) is 1. The van der Waals surface area contributed by atoms with Crippen LogP contribution in [-0.4, -0.2) is 47.1 Å². The maximum atomic E-state index is 12.7. The van der Waals surface area contributed by atoms with Gasteiger partial charge < -0.3 is 20.3 Å². The molecule has 3 heterocycles. The molecule has 9 nitrogen and oxygen atoms in total. The molecule has 1 saturated carbocycles. The average molecular weight is 552 g/mol. The number of carbonyl (C=O) groups excluding carboxylic acids is 1. The van der Waals surface area contributed by atoms with Crippen LogP contribution >= 0.6 is 0 Å². The summed E-state index contributed by atoms with van der Waals surface area (Å²) < 4.78 is 7.28. The second kappa shape index (κ2) is 9.27. The third-order valence-corrected chi connectivity index (χ3v) is 7.37. The highest BCUT2D eigenvalue weighted by atomic mass is 16.6. The van der Waals surface area contributed by atoms with Crippen molar-refractivity contribution < 1.29 is 19.7 Å². The number of aryl methyl sites for hydroxylation is 1. The Morgan fingerprint density at radius 3 is 2.32 bits per heavy atom. The summed E-state index contributed by atoms with van der Waals surface area (Å²) in [5.41, 5.74) is 4.23. The zero-order valence-corrected chi connectivity index (χ0v) is 23.8. The number of nitrogens with one attached hydrogen (secondary N) is 1. The Morgan fingerprint density at radius 2 is 1.68 bits per heavy atom. The maximum Gasteiger partial charge on any atom is 0.408 e. The summed E-state index contributed by atoms with van der Waals surface area (Å²) in [5, 5.41) is 29.0. The Balaban J connectivity index is 1.45. The summed E-state index contributed by atoms with van der Waals surface area (Å²) in [6.07, 6.45) is 2.02. The van der Waals surface area contributed by atoms with Gasteiger partial charge in [0.25, 0.3) is 0 Å². The molecule has 0 unspecified atom stereocenters. The average Bonchev–Trinajstić information content (AvgIpc) is 3.27. The summed E-state index contributed by atoms with van der Waals surface area (Å²) in [4.78, 5) is 22.4. The molecule has 2 aromatic carbocycles. The number of rotatable bonds is 4. The Hall–Kier alpha value is -4.50. The summed E-state index contributed by atoms with van der Waals surface area (Å²) in [5.74, 6) is 0.183. The normalized spacial score (nSPS) is 20.6. The van der Waals surface area contributed by atoms with Crippen LogP contribution in [0.3, 0.4) is 0 Å². The third-order valence-electron chi connectivity index (χ3n) is 7.37. The lowest BCUT2D eigenvalue weighted by Crippen LogP contribution is -2.62. The molecule has 1 aliphatic carbocycles. The lowest BCUT2D eigenvalue weighted by molar-refractivity contribution is -0.0892. The number of nitrogens with zero attached hydrogens (tertiary/aromatic N) is 4. The number of benzene rings is 2. The van der Waals surface area contributed by atoms with E-state index < -0.39 is 22.8 Å². The fourth-order valence-corrected chi connectivity index (χ4v) is 5.79. The summed E-state index contributed by atoms with van der Waals surface area (Å²) in [7, 11) is 0. The topological polar surface area (TPSA) is 122 Å². The second-order valence-corrected chi connectivity index (χ2v) is 12.3. The van der Waals surface area contributed by atoms with Crippen molar-refractivity contribution in [2.45, 2.75) is 64.2 Å². The van der Waals surface area contributed by atoms with Crippen molar-refractivity contribution in [3.05, 3.63) is 78.1 Å². The quantitative estimate of drug-likeness (QED) is 0.255. The highest BCUT2D eigenvalue weighted by molar-refractivity contribution is 5.90. The van der Waals surface area contributed by atoms with Gasteiger partial charge in [-0.05, 0) is 63.9 Å². The molecule has 0 spiro atoms. The Bertz CT molecular complexity index is 1780. The molecule has 1 aliphatic rings. The van der Waals surface area contributed by atoms with Crippen LogP contribution in [0.2, 0.25) is 0 Å². The number of carbonyl (C=O) groups is 1. The zero-order chi connectivity index (χ0) is 29.2. The van der Waals surface area contributed by atoms with Crippen LogP contribution in [0.25, 0.3) is 39.1 Å². The van der Waals surface area contributed by atoms with Gasteiger partial charge in [0.1, 0.15) is 11.4 Å². The summed E-state index contributed by atoms with van der Waals surface area (Å²) >= 11 is 0. The molecule has 210 valence electrons. The van der Waals surface area contributed by atoms with Crippen LogP contribution in [0.15, 0.2) is 66.9 Å². The van der Waals surface area contributed by atoms with Gasteiger partial charge in [0, 0.05) is 41.6 Å². The zero-order valence-electron chi connectivity index (χ0n) is 23.8. The van der Waals surface area contributed by atoms with E-state index in [1.807, 2.05) is 76.2 Å².